The van der Waals surface area contributed by atoms with E-state index in [0.717, 1.165) is 44.2 Å². The molecule has 1 atom stereocenters. The van der Waals surface area contributed by atoms with Crippen LogP contribution in [0.3, 0.4) is 0 Å². The zero-order chi connectivity index (χ0) is 22.6. The first kappa shape index (κ1) is 27.1. The molecule has 1 unspecified atom stereocenters. The van der Waals surface area contributed by atoms with E-state index in [9.17, 15) is 4.39 Å². The smallest absolute Gasteiger partial charge is 0.191 e. The first-order chi connectivity index (χ1) is 15.7. The quantitative estimate of drug-likeness (QED) is 0.259. The second-order valence-corrected chi connectivity index (χ2v) is 7.58. The fourth-order valence-electron chi connectivity index (χ4n) is 3.34. The van der Waals surface area contributed by atoms with Crippen LogP contribution in [0, 0.1) is 5.82 Å². The van der Waals surface area contributed by atoms with Crippen LogP contribution in [0.2, 0.25) is 0 Å². The highest BCUT2D eigenvalue weighted by Crippen LogP contribution is 2.18. The zero-order valence-corrected chi connectivity index (χ0v) is 21.6. The van der Waals surface area contributed by atoms with Crippen LogP contribution in [0.4, 0.5) is 4.39 Å². The highest BCUT2D eigenvalue weighted by atomic mass is 127. The minimum atomic E-state index is -0.368. The van der Waals surface area contributed by atoms with E-state index in [1.807, 2.05) is 31.2 Å². The molecule has 2 aromatic rings. The molecule has 2 N–H and O–H groups in total. The van der Waals surface area contributed by atoms with E-state index in [-0.39, 0.29) is 41.6 Å². The van der Waals surface area contributed by atoms with Crippen molar-refractivity contribution in [2.75, 3.05) is 53.0 Å². The zero-order valence-electron chi connectivity index (χ0n) is 19.3. The summed E-state index contributed by atoms with van der Waals surface area (Å²) in [5.41, 5.74) is 1.05. The maximum absolute atomic E-state index is 13.8. The Bertz CT molecular complexity index is 865. The van der Waals surface area contributed by atoms with Crippen molar-refractivity contribution in [1.82, 2.24) is 15.5 Å². The number of para-hydroxylation sites is 2. The third-order valence-electron chi connectivity index (χ3n) is 5.13. The van der Waals surface area contributed by atoms with E-state index in [1.165, 1.54) is 6.07 Å². The molecule has 33 heavy (non-hydrogen) atoms. The molecule has 0 amide bonds. The number of halogens is 2. The molecule has 1 saturated heterocycles. The predicted octanol–water partition coefficient (Wildman–Crippen LogP) is 3.29. The minimum Gasteiger partial charge on any atom is -0.492 e. The van der Waals surface area contributed by atoms with Gasteiger partial charge in [-0.25, -0.2) is 4.39 Å². The molecular formula is C24H34FIN4O3. The lowest BCUT2D eigenvalue weighted by Crippen LogP contribution is -2.41. The number of hydrogen-bond acceptors (Lipinski definition) is 5. The van der Waals surface area contributed by atoms with Crippen molar-refractivity contribution in [3.05, 3.63) is 59.9 Å². The van der Waals surface area contributed by atoms with Gasteiger partial charge >= 0.3 is 0 Å². The summed E-state index contributed by atoms with van der Waals surface area (Å²) >= 11 is 0. The number of aliphatic imine (C=N–C) groups is 1. The van der Waals surface area contributed by atoms with Gasteiger partial charge in [0.1, 0.15) is 18.5 Å². The third-order valence-corrected chi connectivity index (χ3v) is 5.13. The van der Waals surface area contributed by atoms with Gasteiger partial charge in [0, 0.05) is 38.8 Å². The molecule has 1 aliphatic heterocycles. The van der Waals surface area contributed by atoms with Crippen molar-refractivity contribution >= 4 is 29.9 Å². The Morgan fingerprint density at radius 1 is 1.09 bits per heavy atom. The van der Waals surface area contributed by atoms with Crippen molar-refractivity contribution in [3.8, 4) is 11.5 Å². The van der Waals surface area contributed by atoms with Crippen LogP contribution in [0.25, 0.3) is 0 Å². The lowest BCUT2D eigenvalue weighted by Gasteiger charge is -2.26. The molecule has 7 nitrogen and oxygen atoms in total. The van der Waals surface area contributed by atoms with Crippen molar-refractivity contribution in [2.45, 2.75) is 19.6 Å². The molecule has 2 aromatic carbocycles. The average Bonchev–Trinajstić information content (AvgIpc) is 2.82. The molecule has 0 radical (unpaired) electrons. The molecule has 9 heteroatoms. The van der Waals surface area contributed by atoms with Crippen LogP contribution >= 0.6 is 24.0 Å². The number of nitrogens with one attached hydrogen (secondary N) is 2. The maximum Gasteiger partial charge on any atom is 0.191 e. The van der Waals surface area contributed by atoms with Gasteiger partial charge in [-0.3, -0.25) is 9.89 Å². The highest BCUT2D eigenvalue weighted by molar-refractivity contribution is 14.0. The molecule has 0 bridgehead atoms. The van der Waals surface area contributed by atoms with Gasteiger partial charge in [-0.05, 0) is 25.1 Å². The van der Waals surface area contributed by atoms with Crippen LogP contribution in [0.15, 0.2) is 53.5 Å². The Labute approximate surface area is 212 Å². The molecule has 0 aliphatic carbocycles. The summed E-state index contributed by atoms with van der Waals surface area (Å²) in [4.78, 5) is 6.61. The first-order valence-corrected chi connectivity index (χ1v) is 11.0. The molecule has 0 spiro atoms. The van der Waals surface area contributed by atoms with Gasteiger partial charge in [0.25, 0.3) is 0 Å². The Hall–Kier alpha value is -2.11. The van der Waals surface area contributed by atoms with Crippen LogP contribution in [-0.2, 0) is 11.3 Å². The van der Waals surface area contributed by atoms with E-state index < -0.39 is 0 Å². The van der Waals surface area contributed by atoms with Crippen molar-refractivity contribution < 1.29 is 18.6 Å². The molecular weight excluding hydrogens is 538 g/mol. The number of ether oxygens (including phenoxy) is 3. The van der Waals surface area contributed by atoms with E-state index in [4.69, 9.17) is 14.2 Å². The molecule has 1 heterocycles. The number of benzene rings is 2. The molecule has 0 saturated carbocycles. The largest absolute Gasteiger partial charge is 0.492 e. The summed E-state index contributed by atoms with van der Waals surface area (Å²) in [6.45, 7) is 7.92. The number of morpholine rings is 1. The molecule has 3 rings (SSSR count). The van der Waals surface area contributed by atoms with Gasteiger partial charge in [-0.15, -0.1) is 24.0 Å². The Morgan fingerprint density at radius 2 is 1.79 bits per heavy atom. The number of guanidine groups is 1. The standard InChI is InChI=1S/C24H33FN4O3.HI/c1-19(32-23-10-6-4-8-21(23)25)17-27-24(26-2)28-18-20-7-3-5-9-22(20)31-16-13-29-11-14-30-15-12-29;/h3-10,19H,11-18H2,1-2H3,(H2,26,27,28);1H. The average molecular weight is 572 g/mol. The summed E-state index contributed by atoms with van der Waals surface area (Å²) in [7, 11) is 1.71. The van der Waals surface area contributed by atoms with E-state index in [0.29, 0.717) is 25.7 Å². The van der Waals surface area contributed by atoms with Gasteiger partial charge < -0.3 is 24.8 Å². The first-order valence-electron chi connectivity index (χ1n) is 11.0. The lowest BCUT2D eigenvalue weighted by atomic mass is 10.2. The fourth-order valence-corrected chi connectivity index (χ4v) is 3.34. The van der Waals surface area contributed by atoms with Gasteiger partial charge in [0.2, 0.25) is 0 Å². The van der Waals surface area contributed by atoms with Crippen LogP contribution in [-0.4, -0.2) is 70.0 Å². The Balaban J connectivity index is 0.00000385. The van der Waals surface area contributed by atoms with Gasteiger partial charge in [0.15, 0.2) is 17.5 Å². The van der Waals surface area contributed by atoms with E-state index in [2.05, 4.69) is 20.5 Å². The minimum absolute atomic E-state index is 0. The summed E-state index contributed by atoms with van der Waals surface area (Å²) in [6, 6.07) is 14.4. The molecule has 182 valence electrons. The van der Waals surface area contributed by atoms with Crippen LogP contribution in [0.1, 0.15) is 12.5 Å². The predicted molar refractivity (Wildman–Crippen MR) is 139 cm³/mol. The fraction of sp³-hybridized carbons (Fsp3) is 0.458. The molecule has 1 fully saturated rings. The lowest BCUT2D eigenvalue weighted by molar-refractivity contribution is 0.0322. The normalized spacial score (nSPS) is 15.3. The Kier molecular flexibility index (Phi) is 12.3. The SMILES string of the molecule is CN=C(NCc1ccccc1OCCN1CCOCC1)NCC(C)Oc1ccccc1F.I. The third kappa shape index (κ3) is 9.34. The van der Waals surface area contributed by atoms with E-state index in [1.54, 1.807) is 25.2 Å². The van der Waals surface area contributed by atoms with Crippen LogP contribution < -0.4 is 20.1 Å². The monoisotopic (exact) mass is 572 g/mol. The van der Waals surface area contributed by atoms with Crippen molar-refractivity contribution in [2.24, 2.45) is 4.99 Å². The van der Waals surface area contributed by atoms with Gasteiger partial charge in [-0.1, -0.05) is 30.3 Å². The number of rotatable bonds is 10. The van der Waals surface area contributed by atoms with E-state index >= 15 is 0 Å². The second-order valence-electron chi connectivity index (χ2n) is 7.58. The molecule has 0 aromatic heterocycles. The summed E-state index contributed by atoms with van der Waals surface area (Å²) in [5, 5.41) is 6.52. The van der Waals surface area contributed by atoms with Crippen molar-refractivity contribution in [1.29, 1.82) is 0 Å². The Morgan fingerprint density at radius 3 is 2.52 bits per heavy atom. The van der Waals surface area contributed by atoms with Crippen molar-refractivity contribution in [3.63, 3.8) is 0 Å². The van der Waals surface area contributed by atoms with Crippen LogP contribution in [0.5, 0.6) is 11.5 Å². The second kappa shape index (κ2) is 14.9. The summed E-state index contributed by atoms with van der Waals surface area (Å²) in [5.74, 6) is 1.37. The number of nitrogens with zero attached hydrogens (tertiary/aromatic N) is 2. The highest BCUT2D eigenvalue weighted by Gasteiger charge is 2.12. The summed E-state index contributed by atoms with van der Waals surface area (Å²) < 4.78 is 30.8. The summed E-state index contributed by atoms with van der Waals surface area (Å²) in [6.07, 6.45) is -0.235. The van der Waals surface area contributed by atoms with Gasteiger partial charge in [-0.2, -0.15) is 0 Å². The topological polar surface area (TPSA) is 67.4 Å². The molecule has 1 aliphatic rings. The van der Waals surface area contributed by atoms with Gasteiger partial charge in [0.05, 0.1) is 19.8 Å². The maximum atomic E-state index is 13.8. The number of hydrogen-bond donors (Lipinski definition) is 2.